The number of hydrogen-bond donors (Lipinski definition) is 1. The number of thioether (sulfide) groups is 1. The highest BCUT2D eigenvalue weighted by Gasteiger charge is 2.14. The van der Waals surface area contributed by atoms with Gasteiger partial charge in [0.05, 0.1) is 5.75 Å². The molecule has 0 aliphatic rings. The van der Waals surface area contributed by atoms with E-state index < -0.39 is 0 Å². The summed E-state index contributed by atoms with van der Waals surface area (Å²) < 4.78 is 2.92. The minimum Gasteiger partial charge on any atom is -0.325 e. The van der Waals surface area contributed by atoms with Crippen molar-refractivity contribution in [3.63, 3.8) is 0 Å². The molecule has 0 unspecified atom stereocenters. The number of aromatic nitrogens is 3. The minimum absolute atomic E-state index is 0.0526. The molecule has 1 heterocycles. The lowest BCUT2D eigenvalue weighted by molar-refractivity contribution is -0.113. The number of nitrogens with one attached hydrogen (secondary N) is 1. The minimum atomic E-state index is -0.0526. The second kappa shape index (κ2) is 8.27. The Kier molecular flexibility index (Phi) is 6.01. The first-order valence-electron chi connectivity index (χ1n) is 8.51. The van der Waals surface area contributed by atoms with Crippen molar-refractivity contribution < 1.29 is 4.79 Å². The summed E-state index contributed by atoms with van der Waals surface area (Å²) in [6, 6.07) is 12.1. The summed E-state index contributed by atoms with van der Waals surface area (Å²) in [6.07, 6.45) is 0. The lowest BCUT2D eigenvalue weighted by Gasteiger charge is -2.12. The van der Waals surface area contributed by atoms with Gasteiger partial charge >= 0.3 is 0 Å². The van der Waals surface area contributed by atoms with E-state index in [0.29, 0.717) is 5.16 Å². The summed E-state index contributed by atoms with van der Waals surface area (Å²) in [4.78, 5) is 12.4. The molecule has 3 rings (SSSR count). The molecule has 0 saturated heterocycles. The van der Waals surface area contributed by atoms with Crippen molar-refractivity contribution in [2.45, 2.75) is 25.9 Å². The lowest BCUT2D eigenvalue weighted by atomic mass is 10.1. The predicted molar refractivity (Wildman–Crippen MR) is 114 cm³/mol. The van der Waals surface area contributed by atoms with Crippen LogP contribution in [0.4, 0.5) is 5.69 Å². The first kappa shape index (κ1) is 19.6. The SMILES string of the molecule is Cc1cc(C)c(NC(=O)CSc2nnc(-c3ccc(Br)cc3)n2C)c(C)c1. The van der Waals surface area contributed by atoms with E-state index in [9.17, 15) is 4.79 Å². The van der Waals surface area contributed by atoms with E-state index in [1.807, 2.05) is 49.7 Å². The second-order valence-corrected chi connectivity index (χ2v) is 8.34. The molecule has 0 aliphatic carbocycles. The molecule has 0 bridgehead atoms. The molecule has 0 aliphatic heterocycles. The summed E-state index contributed by atoms with van der Waals surface area (Å²) in [5.41, 5.74) is 5.20. The van der Waals surface area contributed by atoms with Gasteiger partial charge in [0.1, 0.15) is 0 Å². The van der Waals surface area contributed by atoms with Crippen LogP contribution in [0.2, 0.25) is 0 Å². The van der Waals surface area contributed by atoms with Crippen LogP contribution in [0.1, 0.15) is 16.7 Å². The second-order valence-electron chi connectivity index (χ2n) is 6.48. The number of halogens is 1. The van der Waals surface area contributed by atoms with Crippen LogP contribution in [0.25, 0.3) is 11.4 Å². The average Bonchev–Trinajstić information content (AvgIpc) is 2.98. The highest BCUT2D eigenvalue weighted by atomic mass is 79.9. The smallest absolute Gasteiger partial charge is 0.234 e. The molecule has 1 aromatic heterocycles. The molecule has 0 spiro atoms. The van der Waals surface area contributed by atoms with Crippen molar-refractivity contribution in [1.29, 1.82) is 0 Å². The predicted octanol–water partition coefficient (Wildman–Crippen LogP) is 4.90. The topological polar surface area (TPSA) is 59.8 Å². The van der Waals surface area contributed by atoms with Gasteiger partial charge in [-0.3, -0.25) is 4.79 Å². The molecule has 0 atom stereocenters. The molecule has 7 heteroatoms. The maximum Gasteiger partial charge on any atom is 0.234 e. The van der Waals surface area contributed by atoms with Crippen LogP contribution in [0.3, 0.4) is 0 Å². The molecular weight excluding hydrogens is 424 g/mol. The number of nitrogens with zero attached hydrogens (tertiary/aromatic N) is 3. The normalized spacial score (nSPS) is 10.9. The monoisotopic (exact) mass is 444 g/mol. The van der Waals surface area contributed by atoms with Gasteiger partial charge in [0.15, 0.2) is 11.0 Å². The summed E-state index contributed by atoms with van der Waals surface area (Å²) in [7, 11) is 1.91. The van der Waals surface area contributed by atoms with E-state index in [-0.39, 0.29) is 11.7 Å². The third-order valence-corrected chi connectivity index (χ3v) is 5.76. The Morgan fingerprint density at radius 1 is 1.11 bits per heavy atom. The Labute approximate surface area is 171 Å². The van der Waals surface area contributed by atoms with E-state index in [1.54, 1.807) is 0 Å². The maximum atomic E-state index is 12.4. The molecule has 0 radical (unpaired) electrons. The van der Waals surface area contributed by atoms with Gasteiger partial charge in [-0.05, 0) is 44.0 Å². The van der Waals surface area contributed by atoms with E-state index in [1.165, 1.54) is 17.3 Å². The van der Waals surface area contributed by atoms with E-state index in [0.717, 1.165) is 32.7 Å². The number of anilines is 1. The van der Waals surface area contributed by atoms with Crippen molar-refractivity contribution in [3.05, 3.63) is 57.6 Å². The number of benzene rings is 2. The Bertz CT molecular complexity index is 959. The van der Waals surface area contributed by atoms with Gasteiger partial charge in [-0.1, -0.05) is 57.5 Å². The molecule has 0 saturated carbocycles. The zero-order valence-electron chi connectivity index (χ0n) is 15.7. The number of rotatable bonds is 5. The lowest BCUT2D eigenvalue weighted by Crippen LogP contribution is -2.16. The fraction of sp³-hybridized carbons (Fsp3) is 0.250. The third kappa shape index (κ3) is 4.59. The van der Waals surface area contributed by atoms with Crippen molar-refractivity contribution in [2.75, 3.05) is 11.1 Å². The van der Waals surface area contributed by atoms with E-state index in [4.69, 9.17) is 0 Å². The zero-order valence-corrected chi connectivity index (χ0v) is 18.1. The fourth-order valence-electron chi connectivity index (χ4n) is 2.97. The summed E-state index contributed by atoms with van der Waals surface area (Å²) in [5.74, 6) is 0.998. The van der Waals surface area contributed by atoms with Crippen LogP contribution in [0.15, 0.2) is 46.0 Å². The van der Waals surface area contributed by atoms with Crippen LogP contribution in [0.5, 0.6) is 0 Å². The quantitative estimate of drug-likeness (QED) is 0.568. The first-order chi connectivity index (χ1) is 12.8. The van der Waals surface area contributed by atoms with Crippen LogP contribution in [0, 0.1) is 20.8 Å². The summed E-state index contributed by atoms with van der Waals surface area (Å²) in [5, 5.41) is 12.2. The Morgan fingerprint density at radius 3 is 2.37 bits per heavy atom. The molecule has 1 amide bonds. The molecule has 27 heavy (non-hydrogen) atoms. The van der Waals surface area contributed by atoms with Gasteiger partial charge in [-0.25, -0.2) is 0 Å². The third-order valence-electron chi connectivity index (χ3n) is 4.21. The highest BCUT2D eigenvalue weighted by Crippen LogP contribution is 2.25. The van der Waals surface area contributed by atoms with Crippen molar-refractivity contribution in [1.82, 2.24) is 14.8 Å². The molecule has 5 nitrogen and oxygen atoms in total. The Hall–Kier alpha value is -2.12. The maximum absolute atomic E-state index is 12.4. The zero-order chi connectivity index (χ0) is 19.6. The number of carbonyl (C=O) groups excluding carboxylic acids is 1. The Balaban J connectivity index is 1.67. The number of hydrogen-bond acceptors (Lipinski definition) is 4. The summed E-state index contributed by atoms with van der Waals surface area (Å²) in [6.45, 7) is 6.07. The highest BCUT2D eigenvalue weighted by molar-refractivity contribution is 9.10. The first-order valence-corrected chi connectivity index (χ1v) is 10.3. The van der Waals surface area contributed by atoms with Crippen molar-refractivity contribution in [2.24, 2.45) is 7.05 Å². The van der Waals surface area contributed by atoms with Gasteiger partial charge in [0.25, 0.3) is 0 Å². The standard InChI is InChI=1S/C20H21BrN4OS/c1-12-9-13(2)18(14(3)10-12)22-17(26)11-27-20-24-23-19(25(20)4)15-5-7-16(21)8-6-15/h5-10H,11H2,1-4H3,(H,22,26). The molecule has 1 N–H and O–H groups in total. The van der Waals surface area contributed by atoms with Gasteiger partial charge in [0, 0.05) is 22.8 Å². The molecule has 140 valence electrons. The molecule has 2 aromatic carbocycles. The van der Waals surface area contributed by atoms with Crippen LogP contribution in [-0.4, -0.2) is 26.4 Å². The van der Waals surface area contributed by atoms with Crippen molar-refractivity contribution in [3.8, 4) is 11.4 Å². The fourth-order valence-corrected chi connectivity index (χ4v) is 3.95. The molecular formula is C20H21BrN4OS. The molecule has 3 aromatic rings. The van der Waals surface area contributed by atoms with Crippen LogP contribution in [-0.2, 0) is 11.8 Å². The van der Waals surface area contributed by atoms with Gasteiger partial charge in [-0.2, -0.15) is 0 Å². The average molecular weight is 445 g/mol. The molecule has 0 fully saturated rings. The van der Waals surface area contributed by atoms with E-state index >= 15 is 0 Å². The van der Waals surface area contributed by atoms with Gasteiger partial charge < -0.3 is 9.88 Å². The van der Waals surface area contributed by atoms with E-state index in [2.05, 4.69) is 50.5 Å². The van der Waals surface area contributed by atoms with Crippen LogP contribution >= 0.6 is 27.7 Å². The van der Waals surface area contributed by atoms with Gasteiger partial charge in [-0.15, -0.1) is 10.2 Å². The van der Waals surface area contributed by atoms with Gasteiger partial charge in [0.2, 0.25) is 5.91 Å². The Morgan fingerprint density at radius 2 is 1.74 bits per heavy atom. The largest absolute Gasteiger partial charge is 0.325 e. The van der Waals surface area contributed by atoms with Crippen molar-refractivity contribution >= 4 is 39.3 Å². The van der Waals surface area contributed by atoms with Crippen LogP contribution < -0.4 is 5.32 Å². The number of amides is 1. The number of aryl methyl sites for hydroxylation is 3. The summed E-state index contributed by atoms with van der Waals surface area (Å²) >= 11 is 4.81. The number of carbonyl (C=O) groups is 1.